The van der Waals surface area contributed by atoms with Crippen LogP contribution < -0.4 is 0 Å². The molecule has 26 heavy (non-hydrogen) atoms. The van der Waals surface area contributed by atoms with Crippen molar-refractivity contribution in [2.75, 3.05) is 0 Å². The molecule has 0 unspecified atom stereocenters. The van der Waals surface area contributed by atoms with Crippen molar-refractivity contribution < 1.29 is 27.5 Å². The van der Waals surface area contributed by atoms with Crippen molar-refractivity contribution in [1.29, 1.82) is 0 Å². The second-order valence-electron chi connectivity index (χ2n) is 5.78. The van der Waals surface area contributed by atoms with Crippen molar-refractivity contribution in [1.82, 2.24) is 0 Å². The van der Waals surface area contributed by atoms with Crippen molar-refractivity contribution in [2.24, 2.45) is 0 Å². The van der Waals surface area contributed by atoms with Crippen molar-refractivity contribution in [3.05, 3.63) is 107 Å². The highest BCUT2D eigenvalue weighted by Gasteiger charge is 2.51. The first-order chi connectivity index (χ1) is 12.2. The molecule has 0 spiro atoms. The second-order valence-corrected chi connectivity index (χ2v) is 7.54. The average Bonchev–Trinajstić information content (AvgIpc) is 2.57. The van der Waals surface area contributed by atoms with Crippen molar-refractivity contribution >= 4 is 7.60 Å². The summed E-state index contributed by atoms with van der Waals surface area (Å²) in [7, 11) is -5.03. The summed E-state index contributed by atoms with van der Waals surface area (Å²) in [5, 5.41) is -2.11. The first kappa shape index (κ1) is 18.4. The Morgan fingerprint density at radius 1 is 0.654 bits per heavy atom. The SMILES string of the molecule is O=P(O)(O)C(c1ccc(F)cc1)(c1ccc(F)cc1)c1cccc(F)c1. The van der Waals surface area contributed by atoms with E-state index in [9.17, 15) is 27.5 Å². The zero-order chi connectivity index (χ0) is 18.9. The van der Waals surface area contributed by atoms with Crippen LogP contribution in [0.5, 0.6) is 0 Å². The normalized spacial score (nSPS) is 12.2. The van der Waals surface area contributed by atoms with E-state index in [2.05, 4.69) is 0 Å². The highest BCUT2D eigenvalue weighted by atomic mass is 31.2. The predicted octanol–water partition coefficient (Wildman–Crippen LogP) is 4.57. The van der Waals surface area contributed by atoms with Gasteiger partial charge >= 0.3 is 7.60 Å². The van der Waals surface area contributed by atoms with Crippen LogP contribution in [-0.2, 0) is 9.72 Å². The van der Waals surface area contributed by atoms with Crippen LogP contribution in [0.2, 0.25) is 0 Å². The molecule has 0 aliphatic heterocycles. The molecule has 3 aromatic rings. The molecule has 0 aromatic heterocycles. The molecule has 134 valence electrons. The van der Waals surface area contributed by atoms with E-state index in [4.69, 9.17) is 0 Å². The standard InChI is InChI=1S/C19H14F3O3P/c20-16-8-4-13(5-9-16)19(26(23,24)25,14-6-10-17(21)11-7-14)15-2-1-3-18(22)12-15/h1-12H,(H2,23,24,25). The predicted molar refractivity (Wildman–Crippen MR) is 91.1 cm³/mol. The molecule has 3 nitrogen and oxygen atoms in total. The molecule has 0 radical (unpaired) electrons. The van der Waals surface area contributed by atoms with Crippen LogP contribution in [-0.4, -0.2) is 9.79 Å². The Morgan fingerprint density at radius 3 is 1.50 bits per heavy atom. The molecule has 0 amide bonds. The average molecular weight is 378 g/mol. The molecule has 0 aliphatic rings. The monoisotopic (exact) mass is 378 g/mol. The van der Waals surface area contributed by atoms with E-state index in [1.165, 1.54) is 36.4 Å². The van der Waals surface area contributed by atoms with Gasteiger partial charge < -0.3 is 9.79 Å². The number of rotatable bonds is 4. The fourth-order valence-electron chi connectivity index (χ4n) is 3.10. The number of benzene rings is 3. The van der Waals surface area contributed by atoms with Gasteiger partial charge in [0.05, 0.1) is 0 Å². The third-order valence-corrected chi connectivity index (χ3v) is 5.85. The lowest BCUT2D eigenvalue weighted by Crippen LogP contribution is -2.29. The molecule has 0 fully saturated rings. The molecule has 0 aliphatic carbocycles. The molecular formula is C19H14F3O3P. The van der Waals surface area contributed by atoms with Gasteiger partial charge in [0, 0.05) is 0 Å². The molecule has 0 heterocycles. The van der Waals surface area contributed by atoms with Crippen molar-refractivity contribution in [3.8, 4) is 0 Å². The van der Waals surface area contributed by atoms with Crippen LogP contribution in [0.1, 0.15) is 16.7 Å². The molecule has 7 heteroatoms. The molecule has 0 atom stereocenters. The third kappa shape index (κ3) is 3.07. The lowest BCUT2D eigenvalue weighted by atomic mass is 9.84. The van der Waals surface area contributed by atoms with Gasteiger partial charge in [0.2, 0.25) is 0 Å². The van der Waals surface area contributed by atoms with E-state index >= 15 is 0 Å². The maximum atomic E-state index is 13.9. The van der Waals surface area contributed by atoms with Gasteiger partial charge in [0.15, 0.2) is 0 Å². The summed E-state index contributed by atoms with van der Waals surface area (Å²) in [5.74, 6) is -1.87. The van der Waals surface area contributed by atoms with Crippen LogP contribution in [0.3, 0.4) is 0 Å². The fraction of sp³-hybridized carbons (Fsp3) is 0.0526. The zero-order valence-corrected chi connectivity index (χ0v) is 14.2. The van der Waals surface area contributed by atoms with Gasteiger partial charge in [-0.25, -0.2) is 13.2 Å². The third-order valence-electron chi connectivity index (χ3n) is 4.20. The molecule has 0 saturated carbocycles. The number of hydrogen-bond acceptors (Lipinski definition) is 1. The van der Waals surface area contributed by atoms with Crippen molar-refractivity contribution in [3.63, 3.8) is 0 Å². The molecular weight excluding hydrogens is 364 g/mol. The number of halogens is 3. The summed E-state index contributed by atoms with van der Waals surface area (Å²) in [6.45, 7) is 0. The molecule has 0 bridgehead atoms. The quantitative estimate of drug-likeness (QED) is 0.516. The van der Waals surface area contributed by atoms with Crippen LogP contribution in [0.25, 0.3) is 0 Å². The van der Waals surface area contributed by atoms with Gasteiger partial charge in [-0.15, -0.1) is 0 Å². The summed E-state index contributed by atoms with van der Waals surface area (Å²) in [5.41, 5.74) is 0.0953. The zero-order valence-electron chi connectivity index (χ0n) is 13.3. The van der Waals surface area contributed by atoms with Crippen molar-refractivity contribution in [2.45, 2.75) is 5.16 Å². The van der Waals surface area contributed by atoms with E-state index in [-0.39, 0.29) is 16.7 Å². The largest absolute Gasteiger partial charge is 0.344 e. The van der Waals surface area contributed by atoms with Gasteiger partial charge in [0.1, 0.15) is 22.6 Å². The van der Waals surface area contributed by atoms with Gasteiger partial charge in [0.25, 0.3) is 0 Å². The lowest BCUT2D eigenvalue weighted by molar-refractivity contribution is 0.349. The summed E-state index contributed by atoms with van der Waals surface area (Å²) in [6, 6.07) is 14.0. The highest BCUT2D eigenvalue weighted by molar-refractivity contribution is 7.53. The minimum absolute atomic E-state index is 0.0240. The van der Waals surface area contributed by atoms with Gasteiger partial charge in [-0.05, 0) is 53.1 Å². The van der Waals surface area contributed by atoms with Crippen LogP contribution >= 0.6 is 7.60 Å². The Morgan fingerprint density at radius 2 is 1.12 bits per heavy atom. The summed E-state index contributed by atoms with van der Waals surface area (Å²) < 4.78 is 53.4. The Bertz CT molecular complexity index is 921. The van der Waals surface area contributed by atoms with Crippen LogP contribution in [0, 0.1) is 17.5 Å². The first-order valence-electron chi connectivity index (χ1n) is 7.59. The summed E-state index contributed by atoms with van der Waals surface area (Å²) >= 11 is 0. The van der Waals surface area contributed by atoms with E-state index < -0.39 is 30.2 Å². The molecule has 3 aromatic carbocycles. The second kappa shape index (κ2) is 6.72. The van der Waals surface area contributed by atoms with Gasteiger partial charge in [-0.1, -0.05) is 36.4 Å². The fourth-order valence-corrected chi connectivity index (χ4v) is 4.55. The lowest BCUT2D eigenvalue weighted by Gasteiger charge is -2.36. The Hall–Kier alpha value is -2.40. The summed E-state index contributed by atoms with van der Waals surface area (Å²) in [4.78, 5) is 20.6. The van der Waals surface area contributed by atoms with E-state index in [0.717, 1.165) is 36.4 Å². The molecule has 2 N–H and O–H groups in total. The molecule has 0 saturated heterocycles. The Kier molecular flexibility index (Phi) is 4.76. The topological polar surface area (TPSA) is 57.5 Å². The Labute approximate surface area is 147 Å². The van der Waals surface area contributed by atoms with Gasteiger partial charge in [-0.2, -0.15) is 0 Å². The maximum absolute atomic E-state index is 13.9. The molecule has 3 rings (SSSR count). The summed E-state index contributed by atoms with van der Waals surface area (Å²) in [6.07, 6.45) is 0. The minimum atomic E-state index is -5.03. The smallest absolute Gasteiger partial charge is 0.323 e. The Balaban J connectivity index is 2.44. The minimum Gasteiger partial charge on any atom is -0.323 e. The maximum Gasteiger partial charge on any atom is 0.344 e. The van der Waals surface area contributed by atoms with E-state index in [1.807, 2.05) is 0 Å². The number of hydrogen-bond donors (Lipinski definition) is 2. The first-order valence-corrected chi connectivity index (χ1v) is 9.20. The van der Waals surface area contributed by atoms with Gasteiger partial charge in [-0.3, -0.25) is 4.57 Å². The highest BCUT2D eigenvalue weighted by Crippen LogP contribution is 2.64. The van der Waals surface area contributed by atoms with E-state index in [1.54, 1.807) is 0 Å². The van der Waals surface area contributed by atoms with Crippen LogP contribution in [0.15, 0.2) is 72.8 Å². The van der Waals surface area contributed by atoms with E-state index in [0.29, 0.717) is 0 Å². The van der Waals surface area contributed by atoms with Crippen LogP contribution in [0.4, 0.5) is 13.2 Å².